The van der Waals surface area contributed by atoms with Crippen LogP contribution in [0.2, 0.25) is 0 Å². The van der Waals surface area contributed by atoms with Crippen LogP contribution in [0, 0.1) is 6.92 Å². The predicted molar refractivity (Wildman–Crippen MR) is 107 cm³/mol. The van der Waals surface area contributed by atoms with Gasteiger partial charge in [0.1, 0.15) is 29.9 Å². The van der Waals surface area contributed by atoms with Gasteiger partial charge >= 0.3 is 0 Å². The number of likely N-dealkylation sites (tertiary alicyclic amines) is 1. The first-order valence-electron chi connectivity index (χ1n) is 10.0. The highest BCUT2D eigenvalue weighted by molar-refractivity contribution is 5.84. The van der Waals surface area contributed by atoms with E-state index < -0.39 is 0 Å². The number of hydrogen-bond donors (Lipinski definition) is 1. The Bertz CT molecular complexity index is 875. The molecule has 152 valence electrons. The summed E-state index contributed by atoms with van der Waals surface area (Å²) in [6.45, 7) is 7.08. The molecule has 1 N–H and O–H groups in total. The number of nitrogens with zero attached hydrogens (tertiary/aromatic N) is 2. The van der Waals surface area contributed by atoms with Gasteiger partial charge in [-0.15, -0.1) is 0 Å². The van der Waals surface area contributed by atoms with Crippen molar-refractivity contribution in [3.05, 3.63) is 34.2 Å². The fourth-order valence-electron chi connectivity index (χ4n) is 4.16. The molecule has 2 aromatic rings. The molecule has 0 saturated carbocycles. The van der Waals surface area contributed by atoms with Gasteiger partial charge in [0.2, 0.25) is 5.43 Å². The van der Waals surface area contributed by atoms with Crippen molar-refractivity contribution in [2.24, 2.45) is 0 Å². The number of benzene rings is 1. The highest BCUT2D eigenvalue weighted by Gasteiger charge is 2.23. The lowest BCUT2D eigenvalue weighted by molar-refractivity contribution is 0.122. The summed E-state index contributed by atoms with van der Waals surface area (Å²) in [5, 5.41) is 10.0. The van der Waals surface area contributed by atoms with Crippen LogP contribution in [0.15, 0.2) is 27.6 Å². The number of rotatable bonds is 6. The molecule has 28 heavy (non-hydrogen) atoms. The smallest absolute Gasteiger partial charge is 0.215 e. The zero-order valence-electron chi connectivity index (χ0n) is 16.4. The molecule has 0 spiro atoms. The Kier molecular flexibility index (Phi) is 5.85. The Morgan fingerprint density at radius 3 is 2.86 bits per heavy atom. The molecule has 1 aromatic carbocycles. The maximum Gasteiger partial charge on any atom is 0.215 e. The monoisotopic (exact) mass is 388 g/mol. The Balaban J connectivity index is 1.50. The van der Waals surface area contributed by atoms with Gasteiger partial charge in [-0.3, -0.25) is 9.69 Å². The van der Waals surface area contributed by atoms with Gasteiger partial charge in [0.25, 0.3) is 0 Å². The summed E-state index contributed by atoms with van der Waals surface area (Å²) in [5.74, 6) is 0.731. The van der Waals surface area contributed by atoms with Crippen LogP contribution < -0.4 is 15.1 Å². The van der Waals surface area contributed by atoms with Crippen molar-refractivity contribution in [2.75, 3.05) is 57.5 Å². The third kappa shape index (κ3) is 3.74. The van der Waals surface area contributed by atoms with Gasteiger partial charge in [0, 0.05) is 31.2 Å². The van der Waals surface area contributed by atoms with Crippen LogP contribution in [0.3, 0.4) is 0 Å². The highest BCUT2D eigenvalue weighted by Crippen LogP contribution is 2.28. The van der Waals surface area contributed by atoms with Crippen molar-refractivity contribution >= 4 is 16.7 Å². The molecule has 0 bridgehead atoms. The molecule has 3 heterocycles. The molecule has 7 nitrogen and oxygen atoms in total. The zero-order chi connectivity index (χ0) is 19.5. The van der Waals surface area contributed by atoms with E-state index in [0.717, 1.165) is 37.2 Å². The minimum Gasteiger partial charge on any atom is -0.492 e. The van der Waals surface area contributed by atoms with E-state index in [4.69, 9.17) is 13.9 Å². The molecule has 1 aromatic heterocycles. The topological polar surface area (TPSA) is 75.4 Å². The van der Waals surface area contributed by atoms with Crippen LogP contribution in [0.5, 0.6) is 5.75 Å². The second-order valence-electron chi connectivity index (χ2n) is 7.48. The molecule has 7 heteroatoms. The average molecular weight is 388 g/mol. The number of aliphatic hydroxyl groups excluding tert-OH is 1. The largest absolute Gasteiger partial charge is 0.492 e. The molecule has 0 aliphatic carbocycles. The lowest BCUT2D eigenvalue weighted by Gasteiger charge is -2.27. The van der Waals surface area contributed by atoms with Crippen LogP contribution in [-0.2, 0) is 4.74 Å². The van der Waals surface area contributed by atoms with Crippen LogP contribution in [0.25, 0.3) is 11.0 Å². The fourth-order valence-corrected chi connectivity index (χ4v) is 4.16. The van der Waals surface area contributed by atoms with Crippen molar-refractivity contribution in [2.45, 2.75) is 25.8 Å². The summed E-state index contributed by atoms with van der Waals surface area (Å²) in [5.41, 5.74) is 1.99. The van der Waals surface area contributed by atoms with Gasteiger partial charge in [0.15, 0.2) is 0 Å². The van der Waals surface area contributed by atoms with Crippen LogP contribution in [-0.4, -0.2) is 68.7 Å². The van der Waals surface area contributed by atoms with Crippen LogP contribution in [0.1, 0.15) is 18.4 Å². The molecule has 2 saturated heterocycles. The van der Waals surface area contributed by atoms with E-state index in [9.17, 15) is 9.90 Å². The van der Waals surface area contributed by atoms with Crippen LogP contribution in [0.4, 0.5) is 5.69 Å². The number of aliphatic hydroxyl groups is 1. The Hall–Kier alpha value is -2.09. The molecule has 4 rings (SSSR count). The number of aryl methyl sites for hydroxylation is 1. The van der Waals surface area contributed by atoms with E-state index >= 15 is 0 Å². The molecule has 2 fully saturated rings. The molecule has 2 aliphatic rings. The molecular formula is C21H28N2O5. The Morgan fingerprint density at radius 1 is 1.25 bits per heavy atom. The van der Waals surface area contributed by atoms with E-state index in [2.05, 4.69) is 4.90 Å². The van der Waals surface area contributed by atoms with E-state index in [1.807, 2.05) is 17.9 Å². The van der Waals surface area contributed by atoms with Gasteiger partial charge in [-0.2, -0.15) is 0 Å². The number of anilines is 1. The third-order valence-electron chi connectivity index (χ3n) is 5.82. The highest BCUT2D eigenvalue weighted by atomic mass is 16.5. The Morgan fingerprint density at radius 2 is 2.07 bits per heavy atom. The molecule has 0 amide bonds. The predicted octanol–water partition coefficient (Wildman–Crippen LogP) is 1.77. The number of ether oxygens (including phenoxy) is 2. The molecule has 0 unspecified atom stereocenters. The van der Waals surface area contributed by atoms with Gasteiger partial charge in [0.05, 0.1) is 25.2 Å². The lowest BCUT2D eigenvalue weighted by atomic mass is 10.1. The van der Waals surface area contributed by atoms with Gasteiger partial charge in [-0.25, -0.2) is 0 Å². The van der Waals surface area contributed by atoms with Crippen LogP contribution >= 0.6 is 0 Å². The van der Waals surface area contributed by atoms with Crippen molar-refractivity contribution in [1.29, 1.82) is 0 Å². The van der Waals surface area contributed by atoms with E-state index in [1.165, 1.54) is 0 Å². The molecular weight excluding hydrogens is 360 g/mol. The van der Waals surface area contributed by atoms with Crippen molar-refractivity contribution < 1.29 is 19.0 Å². The first-order chi connectivity index (χ1) is 13.7. The third-order valence-corrected chi connectivity index (χ3v) is 5.82. The zero-order valence-corrected chi connectivity index (χ0v) is 16.4. The maximum atomic E-state index is 12.9. The minimum atomic E-state index is -0.0133. The second kappa shape index (κ2) is 8.51. The minimum absolute atomic E-state index is 0.0133. The van der Waals surface area contributed by atoms with Gasteiger partial charge in [-0.1, -0.05) is 0 Å². The lowest BCUT2D eigenvalue weighted by Crippen LogP contribution is -2.38. The summed E-state index contributed by atoms with van der Waals surface area (Å²) < 4.78 is 17.2. The SMILES string of the molecule is Cc1c(OCCN2CCC[C@@H]2CO)ccc2c(=O)c(N3CCOCC3)coc12. The fraction of sp³-hybridized carbons (Fsp3) is 0.571. The summed E-state index contributed by atoms with van der Waals surface area (Å²) in [6.07, 6.45) is 3.72. The quantitative estimate of drug-likeness (QED) is 0.808. The van der Waals surface area contributed by atoms with Gasteiger partial charge in [-0.05, 0) is 38.4 Å². The van der Waals surface area contributed by atoms with E-state index in [1.54, 1.807) is 12.3 Å². The number of morpholine rings is 1. The molecule has 0 radical (unpaired) electrons. The number of fused-ring (bicyclic) bond motifs is 1. The standard InChI is InChI=1S/C21H28N2O5/c1-15-19(27-12-9-22-6-2-3-16(22)13-24)5-4-17-20(25)18(14-28-21(15)17)23-7-10-26-11-8-23/h4-5,14,16,24H,2-3,6-13H2,1H3/t16-/m1/s1. The van der Waals surface area contributed by atoms with Crippen molar-refractivity contribution in [1.82, 2.24) is 4.90 Å². The maximum absolute atomic E-state index is 12.9. The van der Waals surface area contributed by atoms with Gasteiger partial charge < -0.3 is 23.9 Å². The van der Waals surface area contributed by atoms with E-state index in [0.29, 0.717) is 49.6 Å². The van der Waals surface area contributed by atoms with Crippen molar-refractivity contribution in [3.63, 3.8) is 0 Å². The second-order valence-corrected chi connectivity index (χ2v) is 7.48. The molecule has 1 atom stereocenters. The van der Waals surface area contributed by atoms with Crippen molar-refractivity contribution in [3.8, 4) is 5.75 Å². The summed E-state index contributed by atoms with van der Waals surface area (Å²) >= 11 is 0. The summed E-state index contributed by atoms with van der Waals surface area (Å²) in [7, 11) is 0. The van der Waals surface area contributed by atoms with E-state index in [-0.39, 0.29) is 18.1 Å². The number of hydrogen-bond acceptors (Lipinski definition) is 7. The first-order valence-corrected chi connectivity index (χ1v) is 10.0. The summed E-state index contributed by atoms with van der Waals surface area (Å²) in [4.78, 5) is 17.2. The summed E-state index contributed by atoms with van der Waals surface area (Å²) in [6, 6.07) is 3.89. The average Bonchev–Trinajstić information content (AvgIpc) is 3.18. The normalized spacial score (nSPS) is 20.8. The molecule has 2 aliphatic heterocycles. The Labute approximate surface area is 164 Å². The first kappa shape index (κ1) is 19.2.